The molecule has 0 spiro atoms. The van der Waals surface area contributed by atoms with E-state index in [4.69, 9.17) is 0 Å². The van der Waals surface area contributed by atoms with Gasteiger partial charge in [-0.3, -0.25) is 4.79 Å². The fraction of sp³-hybridized carbons (Fsp3) is 0.909. The number of rotatable bonds is 1. The SMILES string of the molecule is CC1(C2CCCC2)CCC(=O)C1. The summed E-state index contributed by atoms with van der Waals surface area (Å²) in [6.07, 6.45) is 8.44. The molecule has 2 aliphatic carbocycles. The second-order valence-corrected chi connectivity index (χ2v) is 4.85. The molecule has 1 nitrogen and oxygen atoms in total. The molecule has 2 fully saturated rings. The van der Waals surface area contributed by atoms with E-state index in [1.54, 1.807) is 0 Å². The van der Waals surface area contributed by atoms with E-state index < -0.39 is 0 Å². The van der Waals surface area contributed by atoms with Crippen molar-refractivity contribution >= 4 is 5.78 Å². The first kappa shape index (κ1) is 8.28. The predicted octanol–water partition coefficient (Wildman–Crippen LogP) is 2.94. The highest BCUT2D eigenvalue weighted by Crippen LogP contribution is 2.48. The van der Waals surface area contributed by atoms with Crippen LogP contribution in [0.3, 0.4) is 0 Å². The van der Waals surface area contributed by atoms with Gasteiger partial charge in [-0.05, 0) is 30.6 Å². The van der Waals surface area contributed by atoms with Gasteiger partial charge < -0.3 is 0 Å². The molecule has 0 saturated heterocycles. The zero-order valence-electron chi connectivity index (χ0n) is 7.94. The van der Waals surface area contributed by atoms with Gasteiger partial charge >= 0.3 is 0 Å². The van der Waals surface area contributed by atoms with Gasteiger partial charge in [0.05, 0.1) is 0 Å². The lowest BCUT2D eigenvalue weighted by atomic mass is 9.75. The first-order valence-electron chi connectivity index (χ1n) is 5.22. The Labute approximate surface area is 74.5 Å². The molecule has 1 atom stereocenters. The fourth-order valence-corrected chi connectivity index (χ4v) is 3.02. The topological polar surface area (TPSA) is 17.1 Å². The van der Waals surface area contributed by atoms with E-state index in [0.717, 1.165) is 25.2 Å². The zero-order chi connectivity index (χ0) is 8.60. The van der Waals surface area contributed by atoms with Gasteiger partial charge in [-0.25, -0.2) is 0 Å². The molecule has 1 unspecified atom stereocenters. The highest BCUT2D eigenvalue weighted by Gasteiger charge is 2.41. The molecular weight excluding hydrogens is 148 g/mol. The molecule has 2 rings (SSSR count). The van der Waals surface area contributed by atoms with Crippen molar-refractivity contribution in [2.75, 3.05) is 0 Å². The largest absolute Gasteiger partial charge is 0.300 e. The summed E-state index contributed by atoms with van der Waals surface area (Å²) in [5.41, 5.74) is 0.396. The van der Waals surface area contributed by atoms with Crippen LogP contribution in [-0.2, 0) is 4.79 Å². The molecule has 0 N–H and O–H groups in total. The van der Waals surface area contributed by atoms with Crippen molar-refractivity contribution in [1.82, 2.24) is 0 Å². The first-order valence-corrected chi connectivity index (χ1v) is 5.22. The van der Waals surface area contributed by atoms with E-state index in [1.165, 1.54) is 25.7 Å². The molecule has 1 heteroatoms. The maximum atomic E-state index is 11.2. The Morgan fingerprint density at radius 3 is 2.50 bits per heavy atom. The number of hydrogen-bond acceptors (Lipinski definition) is 1. The summed E-state index contributed by atoms with van der Waals surface area (Å²) < 4.78 is 0. The minimum Gasteiger partial charge on any atom is -0.300 e. The average molecular weight is 166 g/mol. The highest BCUT2D eigenvalue weighted by atomic mass is 16.1. The van der Waals surface area contributed by atoms with Crippen molar-refractivity contribution in [2.24, 2.45) is 11.3 Å². The monoisotopic (exact) mass is 166 g/mol. The van der Waals surface area contributed by atoms with E-state index in [0.29, 0.717) is 11.2 Å². The third kappa shape index (κ3) is 1.30. The fourth-order valence-electron chi connectivity index (χ4n) is 3.02. The van der Waals surface area contributed by atoms with Crippen molar-refractivity contribution < 1.29 is 4.79 Å². The molecule has 12 heavy (non-hydrogen) atoms. The summed E-state index contributed by atoms with van der Waals surface area (Å²) in [6.45, 7) is 2.33. The van der Waals surface area contributed by atoms with Crippen LogP contribution >= 0.6 is 0 Å². The Morgan fingerprint density at radius 2 is 2.00 bits per heavy atom. The number of carbonyl (C=O) groups excluding carboxylic acids is 1. The molecular formula is C11H18O. The van der Waals surface area contributed by atoms with Crippen LogP contribution in [0.5, 0.6) is 0 Å². The van der Waals surface area contributed by atoms with Crippen molar-refractivity contribution in [3.63, 3.8) is 0 Å². The highest BCUT2D eigenvalue weighted by molar-refractivity contribution is 5.81. The number of carbonyl (C=O) groups is 1. The molecule has 0 radical (unpaired) electrons. The van der Waals surface area contributed by atoms with Gasteiger partial charge in [-0.15, -0.1) is 0 Å². The van der Waals surface area contributed by atoms with E-state index >= 15 is 0 Å². The second kappa shape index (κ2) is 2.86. The Balaban J connectivity index is 2.05. The summed E-state index contributed by atoms with van der Waals surface area (Å²) in [4.78, 5) is 11.2. The minimum absolute atomic E-state index is 0.396. The summed E-state index contributed by atoms with van der Waals surface area (Å²) >= 11 is 0. The first-order chi connectivity index (χ1) is 5.71. The summed E-state index contributed by atoms with van der Waals surface area (Å²) in [5.74, 6) is 1.37. The molecule has 0 amide bonds. The Kier molecular flexibility index (Phi) is 1.97. The molecule has 68 valence electrons. The van der Waals surface area contributed by atoms with Gasteiger partial charge in [0.25, 0.3) is 0 Å². The number of hydrogen-bond donors (Lipinski definition) is 0. The van der Waals surface area contributed by atoms with Crippen molar-refractivity contribution in [1.29, 1.82) is 0 Å². The molecule has 0 aromatic rings. The van der Waals surface area contributed by atoms with Gasteiger partial charge in [0.1, 0.15) is 5.78 Å². The van der Waals surface area contributed by atoms with Gasteiger partial charge in [0, 0.05) is 12.8 Å². The van der Waals surface area contributed by atoms with Crippen LogP contribution in [0.2, 0.25) is 0 Å². The number of ketones is 1. The standard InChI is InChI=1S/C11H18O/c1-11(7-6-10(12)8-11)9-4-2-3-5-9/h9H,2-8H2,1H3. The maximum Gasteiger partial charge on any atom is 0.133 e. The average Bonchev–Trinajstić information content (AvgIpc) is 2.59. The minimum atomic E-state index is 0.396. The molecule has 2 saturated carbocycles. The molecule has 0 bridgehead atoms. The quantitative estimate of drug-likeness (QED) is 0.585. The lowest BCUT2D eigenvalue weighted by Crippen LogP contribution is -2.22. The Bertz CT molecular complexity index is 191. The third-order valence-corrected chi connectivity index (χ3v) is 3.92. The summed E-state index contributed by atoms with van der Waals surface area (Å²) in [5, 5.41) is 0. The Hall–Kier alpha value is -0.330. The van der Waals surface area contributed by atoms with Crippen LogP contribution in [0.25, 0.3) is 0 Å². The zero-order valence-corrected chi connectivity index (χ0v) is 7.94. The molecule has 0 aromatic heterocycles. The third-order valence-electron chi connectivity index (χ3n) is 3.92. The van der Waals surface area contributed by atoms with Gasteiger partial charge in [-0.1, -0.05) is 19.8 Å². The lowest BCUT2D eigenvalue weighted by molar-refractivity contribution is -0.118. The van der Waals surface area contributed by atoms with E-state index in [2.05, 4.69) is 6.92 Å². The number of Topliss-reactive ketones (excluding diaryl/α,β-unsaturated/α-hetero) is 1. The van der Waals surface area contributed by atoms with Crippen LogP contribution < -0.4 is 0 Å². The Morgan fingerprint density at radius 1 is 1.33 bits per heavy atom. The van der Waals surface area contributed by atoms with Gasteiger partial charge in [0.15, 0.2) is 0 Å². The van der Waals surface area contributed by atoms with Gasteiger partial charge in [0.2, 0.25) is 0 Å². The molecule has 2 aliphatic rings. The summed E-state index contributed by atoms with van der Waals surface area (Å²) in [6, 6.07) is 0. The van der Waals surface area contributed by atoms with Gasteiger partial charge in [-0.2, -0.15) is 0 Å². The van der Waals surface area contributed by atoms with E-state index in [1.807, 2.05) is 0 Å². The predicted molar refractivity (Wildman–Crippen MR) is 48.9 cm³/mol. The molecule has 0 aromatic carbocycles. The van der Waals surface area contributed by atoms with Crippen LogP contribution in [0.15, 0.2) is 0 Å². The van der Waals surface area contributed by atoms with Crippen molar-refractivity contribution in [3.05, 3.63) is 0 Å². The van der Waals surface area contributed by atoms with Crippen molar-refractivity contribution in [3.8, 4) is 0 Å². The van der Waals surface area contributed by atoms with Crippen LogP contribution in [-0.4, -0.2) is 5.78 Å². The van der Waals surface area contributed by atoms with Crippen LogP contribution in [0.4, 0.5) is 0 Å². The molecule has 0 aliphatic heterocycles. The summed E-state index contributed by atoms with van der Waals surface area (Å²) in [7, 11) is 0. The normalized spacial score (nSPS) is 37.9. The second-order valence-electron chi connectivity index (χ2n) is 4.85. The smallest absolute Gasteiger partial charge is 0.133 e. The van der Waals surface area contributed by atoms with Crippen molar-refractivity contribution in [2.45, 2.75) is 51.9 Å². The van der Waals surface area contributed by atoms with Crippen LogP contribution in [0, 0.1) is 11.3 Å². The van der Waals surface area contributed by atoms with Crippen LogP contribution in [0.1, 0.15) is 51.9 Å². The van der Waals surface area contributed by atoms with E-state index in [9.17, 15) is 4.79 Å². The lowest BCUT2D eigenvalue weighted by Gasteiger charge is -2.30. The molecule has 0 heterocycles. The van der Waals surface area contributed by atoms with E-state index in [-0.39, 0.29) is 0 Å². The maximum absolute atomic E-state index is 11.2.